The first-order valence-corrected chi connectivity index (χ1v) is 15.1. The Morgan fingerprint density at radius 1 is 1.05 bits per heavy atom. The molecule has 0 spiro atoms. The Balaban J connectivity index is 2.07. The average molecular weight is 651 g/mol. The molecule has 1 aliphatic heterocycles. The van der Waals surface area contributed by atoms with Gasteiger partial charge in [-0.1, -0.05) is 49.9 Å². The first kappa shape index (κ1) is 35.2. The molecule has 0 bridgehead atoms. The number of hydrogen-bond donors (Lipinski definition) is 0. The normalized spacial score (nSPS) is 22.6. The molecule has 4 atom stereocenters. The summed E-state index contributed by atoms with van der Waals surface area (Å²) >= 11 is 13.0. The lowest BCUT2D eigenvalue weighted by Gasteiger charge is -2.28. The fourth-order valence-corrected chi connectivity index (χ4v) is 4.68. The fourth-order valence-electron chi connectivity index (χ4n) is 4.11. The van der Waals surface area contributed by atoms with Crippen molar-refractivity contribution in [3.63, 3.8) is 0 Å². The Bertz CT molecular complexity index is 1240. The van der Waals surface area contributed by atoms with Crippen LogP contribution in [0.2, 0.25) is 5.15 Å². The number of alkyl halides is 2. The van der Waals surface area contributed by atoms with E-state index >= 15 is 4.39 Å². The molecule has 0 radical (unpaired) electrons. The first-order chi connectivity index (χ1) is 20.0. The van der Waals surface area contributed by atoms with E-state index in [1.54, 1.807) is 41.5 Å². The van der Waals surface area contributed by atoms with Crippen molar-refractivity contribution in [2.24, 2.45) is 0 Å². The number of carbonyl (C=O) groups is 2. The summed E-state index contributed by atoms with van der Waals surface area (Å²) in [7, 11) is 0. The third kappa shape index (κ3) is 8.87. The maximum atomic E-state index is 16.4. The molecule has 15 heteroatoms. The van der Waals surface area contributed by atoms with Crippen molar-refractivity contribution in [3.05, 3.63) is 11.5 Å². The van der Waals surface area contributed by atoms with E-state index in [0.29, 0.717) is 17.9 Å². The number of carbonyl (C=O) groups excluding carboxylic acids is 2. The molecule has 3 rings (SSSR count). The van der Waals surface area contributed by atoms with Crippen LogP contribution in [0.3, 0.4) is 0 Å². The lowest BCUT2D eigenvalue weighted by Crippen LogP contribution is -2.44. The molecule has 2 amide bonds. The second-order valence-corrected chi connectivity index (χ2v) is 13.1. The van der Waals surface area contributed by atoms with E-state index in [0.717, 1.165) is 19.3 Å². The van der Waals surface area contributed by atoms with Gasteiger partial charge in [-0.2, -0.15) is 9.97 Å². The second-order valence-electron chi connectivity index (χ2n) is 12.2. The van der Waals surface area contributed by atoms with Crippen LogP contribution in [0.1, 0.15) is 87.3 Å². The number of unbranched alkanes of at least 4 members (excludes halogenated alkanes) is 2. The molecule has 0 unspecified atom stereocenters. The van der Waals surface area contributed by atoms with Crippen molar-refractivity contribution in [2.75, 3.05) is 24.7 Å². The summed E-state index contributed by atoms with van der Waals surface area (Å²) in [4.78, 5) is 39.6. The maximum absolute atomic E-state index is 16.4. The summed E-state index contributed by atoms with van der Waals surface area (Å²) in [6, 6.07) is 0. The Hall–Kier alpha value is -2.32. The molecule has 2 aromatic rings. The van der Waals surface area contributed by atoms with Gasteiger partial charge in [-0.3, -0.25) is 4.57 Å². The number of imidazole rings is 1. The van der Waals surface area contributed by atoms with E-state index in [1.165, 1.54) is 10.9 Å². The topological polar surface area (TPSA) is 127 Å². The highest BCUT2D eigenvalue weighted by atomic mass is 35.5. The monoisotopic (exact) mass is 649 g/mol. The number of amides is 2. The van der Waals surface area contributed by atoms with Crippen LogP contribution in [-0.4, -0.2) is 80.1 Å². The number of aromatic nitrogens is 4. The number of anilines is 1. The van der Waals surface area contributed by atoms with Crippen LogP contribution < -0.4 is 4.90 Å². The highest BCUT2D eigenvalue weighted by Gasteiger charge is 2.59. The number of rotatable bonds is 11. The van der Waals surface area contributed by atoms with Gasteiger partial charge in [0.1, 0.15) is 28.9 Å². The van der Waals surface area contributed by atoms with Gasteiger partial charge >= 0.3 is 12.2 Å². The molecule has 1 saturated heterocycles. The Kier molecular flexibility index (Phi) is 11.6. The molecule has 0 aliphatic carbocycles. The smallest absolute Gasteiger partial charge is 0.427 e. The van der Waals surface area contributed by atoms with E-state index < -0.39 is 52.9 Å². The molecule has 1 aliphatic rings. The summed E-state index contributed by atoms with van der Waals surface area (Å²) in [6.07, 6.45) is -1.19. The molecule has 1 fully saturated rings. The molecule has 0 saturated carbocycles. The zero-order chi connectivity index (χ0) is 32.2. The summed E-state index contributed by atoms with van der Waals surface area (Å²) in [5, 5.41) is -2.79. The molecule has 43 heavy (non-hydrogen) atoms. The average Bonchev–Trinajstić information content (AvgIpc) is 3.38. The molecule has 3 heterocycles. The van der Waals surface area contributed by atoms with Crippen molar-refractivity contribution >= 4 is 52.5 Å². The second kappa shape index (κ2) is 14.2. The lowest BCUT2D eigenvalue weighted by molar-refractivity contribution is -0.0763. The molecule has 0 aromatic carbocycles. The van der Waals surface area contributed by atoms with E-state index in [-0.39, 0.29) is 29.5 Å². The van der Waals surface area contributed by atoms with Crippen LogP contribution >= 0.6 is 23.2 Å². The Morgan fingerprint density at radius 2 is 1.63 bits per heavy atom. The van der Waals surface area contributed by atoms with Crippen LogP contribution in [0.4, 0.5) is 19.9 Å². The minimum atomic E-state index is -2.58. The maximum Gasteiger partial charge on any atom is 0.427 e. The molecule has 12 nitrogen and oxygen atoms in total. The van der Waals surface area contributed by atoms with Crippen LogP contribution in [0.15, 0.2) is 6.33 Å². The van der Waals surface area contributed by atoms with E-state index in [2.05, 4.69) is 15.0 Å². The zero-order valence-corrected chi connectivity index (χ0v) is 27.5. The molecule has 2 aromatic heterocycles. The van der Waals surface area contributed by atoms with Crippen molar-refractivity contribution in [1.82, 2.24) is 19.5 Å². The number of hydrogen-bond acceptors (Lipinski definition) is 10. The number of fused-ring (bicyclic) bond motifs is 1. The Morgan fingerprint density at radius 3 is 2.19 bits per heavy atom. The molecular formula is C28H42Cl2FN5O7. The van der Waals surface area contributed by atoms with E-state index in [9.17, 15) is 9.59 Å². The largest absolute Gasteiger partial charge is 0.443 e. The van der Waals surface area contributed by atoms with Crippen molar-refractivity contribution in [2.45, 2.75) is 116 Å². The summed E-state index contributed by atoms with van der Waals surface area (Å²) < 4.78 is 46.2. The predicted molar refractivity (Wildman–Crippen MR) is 159 cm³/mol. The van der Waals surface area contributed by atoms with Gasteiger partial charge in [-0.25, -0.2) is 19.0 Å². The molecule has 242 valence electrons. The van der Waals surface area contributed by atoms with Gasteiger partial charge in [0.05, 0.1) is 12.9 Å². The van der Waals surface area contributed by atoms with Crippen molar-refractivity contribution in [1.29, 1.82) is 0 Å². The third-order valence-electron chi connectivity index (χ3n) is 6.04. The van der Waals surface area contributed by atoms with E-state index in [1.807, 2.05) is 13.8 Å². The fraction of sp³-hybridized carbons (Fsp3) is 0.750. The van der Waals surface area contributed by atoms with Gasteiger partial charge in [-0.15, -0.1) is 4.90 Å². The van der Waals surface area contributed by atoms with Crippen LogP contribution in [-0.2, 0) is 23.7 Å². The minimum absolute atomic E-state index is 0.0460. The number of imide groups is 1. The predicted octanol–water partition coefficient (Wildman–Crippen LogP) is 6.96. The number of ether oxygens (including phenoxy) is 5. The summed E-state index contributed by atoms with van der Waals surface area (Å²) in [6.45, 7) is 14.6. The standard InChI is InChI=1S/C28H42Cl2FN5O7/c1-9-11-13-39-15-17-19(40-14-12-10-2)28(30,31)22(41-17)35-16-32-18-20(29)33-23(34-21(18)35)36(24(37)42-26(3,4)5)25(38)43-27(6,7)8/h16-17,19,22H,9-15H2,1-8H3/t17-,19-,22-,28-/m1/s1. The van der Waals surface area contributed by atoms with Gasteiger partial charge in [0, 0.05) is 13.2 Å². The van der Waals surface area contributed by atoms with Crippen LogP contribution in [0.25, 0.3) is 11.2 Å². The zero-order valence-electron chi connectivity index (χ0n) is 26.0. The molecule has 0 N–H and O–H groups in total. The summed E-state index contributed by atoms with van der Waals surface area (Å²) in [5.74, 6) is -0.477. The van der Waals surface area contributed by atoms with Crippen molar-refractivity contribution in [3.8, 4) is 0 Å². The van der Waals surface area contributed by atoms with Gasteiger partial charge in [0.15, 0.2) is 17.0 Å². The molecular weight excluding hydrogens is 608 g/mol. The van der Waals surface area contributed by atoms with Gasteiger partial charge in [-0.05, 0) is 54.4 Å². The quantitative estimate of drug-likeness (QED) is 0.143. The van der Waals surface area contributed by atoms with Crippen molar-refractivity contribution < 1.29 is 37.7 Å². The number of halogens is 3. The summed E-state index contributed by atoms with van der Waals surface area (Å²) in [5.41, 5.74) is -1.95. The minimum Gasteiger partial charge on any atom is -0.443 e. The Labute approximate surface area is 261 Å². The SMILES string of the molecule is CCCCOC[C@H]1O[C@@H](n2cnc3c(Cl)nc(N(C(=O)OC(C)(C)C)C(=O)OC(C)(C)C)nc32)[C@@](F)(Cl)[C@@H]1OCCCC. The van der Waals surface area contributed by atoms with E-state index in [4.69, 9.17) is 46.9 Å². The lowest BCUT2D eigenvalue weighted by atomic mass is 10.1. The van der Waals surface area contributed by atoms with Gasteiger partial charge in [0.25, 0.3) is 5.13 Å². The number of nitrogens with zero attached hydrogens (tertiary/aromatic N) is 5. The van der Waals surface area contributed by atoms with Gasteiger partial charge < -0.3 is 23.7 Å². The first-order valence-electron chi connectivity index (χ1n) is 14.4. The highest BCUT2D eigenvalue weighted by molar-refractivity contribution is 6.33. The van der Waals surface area contributed by atoms with Gasteiger partial charge in [0.2, 0.25) is 5.95 Å². The third-order valence-corrected chi connectivity index (χ3v) is 6.71. The van der Waals surface area contributed by atoms with Crippen LogP contribution in [0.5, 0.6) is 0 Å². The van der Waals surface area contributed by atoms with Crippen LogP contribution in [0, 0.1) is 0 Å². The highest BCUT2D eigenvalue weighted by Crippen LogP contribution is 2.47.